The summed E-state index contributed by atoms with van der Waals surface area (Å²) in [6, 6.07) is 76.0. The quantitative estimate of drug-likeness (QED) is 0.151. The monoisotopic (exact) mass is 784 g/mol. The average molecular weight is 785 g/mol. The van der Waals surface area contributed by atoms with Crippen LogP contribution in [0.3, 0.4) is 0 Å². The highest BCUT2D eigenvalue weighted by atomic mass is 16.5. The lowest BCUT2D eigenvalue weighted by atomic mass is 9.68. The highest BCUT2D eigenvalue weighted by molar-refractivity contribution is 5.91. The molecule has 290 valence electrons. The summed E-state index contributed by atoms with van der Waals surface area (Å²) < 4.78 is 13.4. The van der Waals surface area contributed by atoms with E-state index in [9.17, 15) is 0 Å². The number of fused-ring (bicyclic) bond motifs is 5. The number of benzene rings is 10. The summed E-state index contributed by atoms with van der Waals surface area (Å²) in [4.78, 5) is 0. The van der Waals surface area contributed by atoms with Crippen LogP contribution in [-0.2, 0) is 5.41 Å². The van der Waals surface area contributed by atoms with Gasteiger partial charge in [0.25, 0.3) is 0 Å². The molecule has 0 bridgehead atoms. The first kappa shape index (κ1) is 36.0. The fourth-order valence-electron chi connectivity index (χ4n) is 9.26. The molecule has 1 aliphatic carbocycles. The summed E-state index contributed by atoms with van der Waals surface area (Å²) >= 11 is 0. The Balaban J connectivity index is 0.969. The van der Waals surface area contributed by atoms with Crippen LogP contribution in [0, 0.1) is 0 Å². The standard InChI is InChI=1S/C57H40N2O2/c58-45-25-31-55(51(35-45)41-19-17-37-9-1-3-11-39(37)33-41)60-47-27-21-43(22-28-47)57(53-15-7-5-13-49(53)50-14-6-8-16-54(50)57)44-23-29-48(30-24-44)61-56-32-26-46(59)36-52(56)42-20-18-38-10-2-4-12-40(38)34-42/h1-36H,58-59H2. The Morgan fingerprint density at radius 3 is 1.15 bits per heavy atom. The molecule has 1 aliphatic rings. The first-order valence-corrected chi connectivity index (χ1v) is 20.5. The number of nitrogens with two attached hydrogens (primary N) is 2. The zero-order valence-electron chi connectivity index (χ0n) is 33.3. The summed E-state index contributed by atoms with van der Waals surface area (Å²) in [5.41, 5.74) is 24.6. The van der Waals surface area contributed by atoms with Crippen molar-refractivity contribution in [1.82, 2.24) is 0 Å². The second-order valence-electron chi connectivity index (χ2n) is 15.7. The van der Waals surface area contributed by atoms with Crippen LogP contribution >= 0.6 is 0 Å². The van der Waals surface area contributed by atoms with Crippen LogP contribution in [0.5, 0.6) is 23.0 Å². The molecule has 0 amide bonds. The number of nitrogen functional groups attached to an aromatic ring is 2. The molecule has 0 saturated heterocycles. The van der Waals surface area contributed by atoms with Gasteiger partial charge in [-0.15, -0.1) is 0 Å². The van der Waals surface area contributed by atoms with Crippen molar-refractivity contribution in [2.75, 3.05) is 11.5 Å². The maximum Gasteiger partial charge on any atom is 0.135 e. The molecule has 4 nitrogen and oxygen atoms in total. The molecule has 0 saturated carbocycles. The average Bonchev–Trinajstić information content (AvgIpc) is 3.61. The van der Waals surface area contributed by atoms with E-state index in [1.165, 1.54) is 33.0 Å². The maximum absolute atomic E-state index is 6.69. The highest BCUT2D eigenvalue weighted by Gasteiger charge is 2.45. The first-order valence-electron chi connectivity index (χ1n) is 20.5. The number of ether oxygens (including phenoxy) is 2. The van der Waals surface area contributed by atoms with Gasteiger partial charge in [-0.3, -0.25) is 0 Å². The van der Waals surface area contributed by atoms with Gasteiger partial charge < -0.3 is 20.9 Å². The number of rotatable bonds is 8. The summed E-state index contributed by atoms with van der Waals surface area (Å²) in [5.74, 6) is 2.95. The van der Waals surface area contributed by atoms with Gasteiger partial charge in [0, 0.05) is 22.5 Å². The first-order chi connectivity index (χ1) is 30.0. The van der Waals surface area contributed by atoms with Crippen LogP contribution in [0.15, 0.2) is 218 Å². The largest absolute Gasteiger partial charge is 0.457 e. The van der Waals surface area contributed by atoms with Crippen molar-refractivity contribution in [2.24, 2.45) is 0 Å². The molecule has 4 N–H and O–H groups in total. The predicted molar refractivity (Wildman–Crippen MR) is 251 cm³/mol. The van der Waals surface area contributed by atoms with Crippen molar-refractivity contribution in [1.29, 1.82) is 0 Å². The third-order valence-electron chi connectivity index (χ3n) is 12.1. The zero-order valence-corrected chi connectivity index (χ0v) is 33.3. The summed E-state index contributed by atoms with van der Waals surface area (Å²) in [7, 11) is 0. The van der Waals surface area contributed by atoms with Crippen LogP contribution < -0.4 is 20.9 Å². The van der Waals surface area contributed by atoms with Crippen LogP contribution in [-0.4, -0.2) is 0 Å². The molecule has 0 atom stereocenters. The van der Waals surface area contributed by atoms with Crippen LogP contribution in [0.2, 0.25) is 0 Å². The molecule has 0 heterocycles. The van der Waals surface area contributed by atoms with Gasteiger partial charge in [0.15, 0.2) is 0 Å². The van der Waals surface area contributed by atoms with E-state index in [0.717, 1.165) is 67.2 Å². The topological polar surface area (TPSA) is 70.5 Å². The van der Waals surface area contributed by atoms with Crippen LogP contribution in [0.25, 0.3) is 54.9 Å². The van der Waals surface area contributed by atoms with E-state index in [-0.39, 0.29) is 0 Å². The van der Waals surface area contributed by atoms with Gasteiger partial charge >= 0.3 is 0 Å². The van der Waals surface area contributed by atoms with Crippen molar-refractivity contribution in [3.8, 4) is 56.4 Å². The molecule has 10 aromatic carbocycles. The second-order valence-corrected chi connectivity index (χ2v) is 15.7. The Kier molecular flexibility index (Phi) is 8.64. The lowest BCUT2D eigenvalue weighted by Crippen LogP contribution is -2.28. The molecule has 0 radical (unpaired) electrons. The van der Waals surface area contributed by atoms with E-state index in [1.807, 2.05) is 36.4 Å². The van der Waals surface area contributed by atoms with E-state index in [2.05, 4.69) is 182 Å². The molecular weight excluding hydrogens is 745 g/mol. The minimum Gasteiger partial charge on any atom is -0.457 e. The van der Waals surface area contributed by atoms with Crippen molar-refractivity contribution in [3.05, 3.63) is 241 Å². The molecule has 10 aromatic rings. The van der Waals surface area contributed by atoms with Crippen molar-refractivity contribution < 1.29 is 9.47 Å². The van der Waals surface area contributed by atoms with Gasteiger partial charge in [-0.2, -0.15) is 0 Å². The van der Waals surface area contributed by atoms with Gasteiger partial charge in [0.2, 0.25) is 0 Å². The zero-order chi connectivity index (χ0) is 40.9. The molecule has 61 heavy (non-hydrogen) atoms. The summed E-state index contributed by atoms with van der Waals surface area (Å²) in [6.45, 7) is 0. The van der Waals surface area contributed by atoms with Gasteiger partial charge in [0.1, 0.15) is 23.0 Å². The van der Waals surface area contributed by atoms with E-state index >= 15 is 0 Å². The highest BCUT2D eigenvalue weighted by Crippen LogP contribution is 2.56. The van der Waals surface area contributed by atoms with Crippen molar-refractivity contribution in [2.45, 2.75) is 5.41 Å². The Morgan fingerprint density at radius 1 is 0.311 bits per heavy atom. The normalized spacial score (nSPS) is 12.5. The minimum absolute atomic E-state index is 0.598. The fraction of sp³-hybridized carbons (Fsp3) is 0.0175. The molecule has 4 heteroatoms. The van der Waals surface area contributed by atoms with Gasteiger partial charge in [-0.1, -0.05) is 146 Å². The number of hydrogen-bond acceptors (Lipinski definition) is 4. The Bertz CT molecular complexity index is 3060. The Hall–Kier alpha value is -8.08. The molecule has 0 aliphatic heterocycles. The van der Waals surface area contributed by atoms with Crippen molar-refractivity contribution in [3.63, 3.8) is 0 Å². The van der Waals surface area contributed by atoms with E-state index in [0.29, 0.717) is 11.4 Å². The van der Waals surface area contributed by atoms with E-state index in [4.69, 9.17) is 20.9 Å². The van der Waals surface area contributed by atoms with E-state index < -0.39 is 5.41 Å². The number of hydrogen-bond donors (Lipinski definition) is 2. The molecule has 0 unspecified atom stereocenters. The maximum atomic E-state index is 6.69. The molecule has 0 aromatic heterocycles. The van der Waals surface area contributed by atoms with Gasteiger partial charge in [-0.05, 0) is 139 Å². The molecule has 0 fully saturated rings. The molecule has 11 rings (SSSR count). The van der Waals surface area contributed by atoms with Gasteiger partial charge in [0.05, 0.1) is 5.41 Å². The Morgan fingerprint density at radius 2 is 0.705 bits per heavy atom. The lowest BCUT2D eigenvalue weighted by molar-refractivity contribution is 0.484. The smallest absolute Gasteiger partial charge is 0.135 e. The van der Waals surface area contributed by atoms with Crippen LogP contribution in [0.4, 0.5) is 11.4 Å². The number of anilines is 2. The second kappa shape index (κ2) is 14.6. The third kappa shape index (κ3) is 6.25. The van der Waals surface area contributed by atoms with E-state index in [1.54, 1.807) is 0 Å². The fourth-order valence-corrected chi connectivity index (χ4v) is 9.26. The molecule has 0 spiro atoms. The predicted octanol–water partition coefficient (Wildman–Crippen LogP) is 14.4. The Labute approximate surface area is 354 Å². The third-order valence-corrected chi connectivity index (χ3v) is 12.1. The minimum atomic E-state index is -0.598. The summed E-state index contributed by atoms with van der Waals surface area (Å²) in [6.07, 6.45) is 0. The van der Waals surface area contributed by atoms with Gasteiger partial charge in [-0.25, -0.2) is 0 Å². The SMILES string of the molecule is Nc1ccc(Oc2ccc(C3(c4ccc(Oc5ccc(N)cc5-c5ccc6ccccc6c5)cc4)c4ccccc4-c4ccccc43)cc2)c(-c2ccc3ccccc3c2)c1. The lowest BCUT2D eigenvalue weighted by Gasteiger charge is -2.34. The molecular formula is C57H40N2O2. The summed E-state index contributed by atoms with van der Waals surface area (Å²) in [5, 5.41) is 4.70. The van der Waals surface area contributed by atoms with Crippen LogP contribution in [0.1, 0.15) is 22.3 Å². The van der Waals surface area contributed by atoms with Crippen molar-refractivity contribution >= 4 is 32.9 Å².